The van der Waals surface area contributed by atoms with Gasteiger partial charge in [-0.1, -0.05) is 0 Å². The van der Waals surface area contributed by atoms with Gasteiger partial charge in [0.15, 0.2) is 0 Å². The Morgan fingerprint density at radius 3 is 3.07 bits per heavy atom. The van der Waals surface area contributed by atoms with Crippen molar-refractivity contribution in [3.8, 4) is 5.75 Å². The van der Waals surface area contributed by atoms with E-state index in [0.29, 0.717) is 6.61 Å². The van der Waals surface area contributed by atoms with Crippen molar-refractivity contribution in [2.45, 2.75) is 6.04 Å². The van der Waals surface area contributed by atoms with Crippen LogP contribution < -0.4 is 20.7 Å². The fourth-order valence-electron chi connectivity index (χ4n) is 1.79. The number of anilines is 2. The number of nitrogens with zero attached hydrogens (tertiary/aromatic N) is 1. The molecule has 0 aromatic heterocycles. The van der Waals surface area contributed by atoms with E-state index in [-0.39, 0.29) is 6.04 Å². The third-order valence-electron chi connectivity index (χ3n) is 2.62. The normalized spacial score (nSPS) is 20.2. The third-order valence-corrected chi connectivity index (χ3v) is 2.62. The second-order valence-corrected chi connectivity index (χ2v) is 3.88. The van der Waals surface area contributed by atoms with Crippen LogP contribution in [0, 0.1) is 0 Å². The first-order chi connectivity index (χ1) is 7.20. The lowest BCUT2D eigenvalue weighted by Crippen LogP contribution is -2.37. The first-order valence-electron chi connectivity index (χ1n) is 5.12. The van der Waals surface area contributed by atoms with Crippen LogP contribution in [-0.2, 0) is 0 Å². The zero-order valence-electron chi connectivity index (χ0n) is 9.16. The van der Waals surface area contributed by atoms with Gasteiger partial charge in [-0.25, -0.2) is 0 Å². The molecule has 0 saturated heterocycles. The minimum Gasteiger partial charge on any atom is -0.490 e. The summed E-state index contributed by atoms with van der Waals surface area (Å²) in [6, 6.07) is 6.13. The maximum atomic E-state index is 5.89. The molecule has 1 aromatic rings. The number of benzene rings is 1. The van der Waals surface area contributed by atoms with Crippen LogP contribution in [0.4, 0.5) is 11.4 Å². The number of hydrogen-bond acceptors (Lipinski definition) is 4. The minimum absolute atomic E-state index is 0.0698. The van der Waals surface area contributed by atoms with Crippen molar-refractivity contribution in [1.82, 2.24) is 0 Å². The molecular formula is C11H17N3O. The third kappa shape index (κ3) is 1.99. The molecule has 1 aromatic carbocycles. The highest BCUT2D eigenvalue weighted by molar-refractivity contribution is 5.66. The Balaban J connectivity index is 2.36. The molecule has 2 rings (SSSR count). The molecule has 82 valence electrons. The molecule has 1 aliphatic heterocycles. The van der Waals surface area contributed by atoms with Crippen LogP contribution in [-0.4, -0.2) is 33.3 Å². The Bertz CT molecular complexity index is 354. The Kier molecular flexibility index (Phi) is 2.68. The predicted molar refractivity (Wildman–Crippen MR) is 62.7 cm³/mol. The lowest BCUT2D eigenvalue weighted by molar-refractivity contribution is 0.300. The lowest BCUT2D eigenvalue weighted by Gasteiger charge is -2.20. The van der Waals surface area contributed by atoms with Gasteiger partial charge in [-0.2, -0.15) is 0 Å². The summed E-state index contributed by atoms with van der Waals surface area (Å²) in [7, 11) is 3.94. The summed E-state index contributed by atoms with van der Waals surface area (Å²) in [5.41, 5.74) is 8.07. The Labute approximate surface area is 90.0 Å². The maximum Gasteiger partial charge on any atom is 0.142 e. The van der Waals surface area contributed by atoms with Gasteiger partial charge in [0.05, 0.1) is 11.7 Å². The number of hydrogen-bond donors (Lipinski definition) is 2. The highest BCUT2D eigenvalue weighted by Crippen LogP contribution is 2.32. The largest absolute Gasteiger partial charge is 0.490 e. The molecule has 0 radical (unpaired) electrons. The van der Waals surface area contributed by atoms with Gasteiger partial charge in [-0.15, -0.1) is 0 Å². The second kappa shape index (κ2) is 3.98. The number of rotatable bonds is 1. The topological polar surface area (TPSA) is 50.5 Å². The minimum atomic E-state index is 0.0698. The van der Waals surface area contributed by atoms with E-state index >= 15 is 0 Å². The van der Waals surface area contributed by atoms with E-state index in [2.05, 4.69) is 16.3 Å². The Morgan fingerprint density at radius 2 is 2.33 bits per heavy atom. The summed E-state index contributed by atoms with van der Waals surface area (Å²) >= 11 is 0. The van der Waals surface area contributed by atoms with Gasteiger partial charge in [0, 0.05) is 26.3 Å². The van der Waals surface area contributed by atoms with Crippen LogP contribution in [0.5, 0.6) is 5.75 Å². The van der Waals surface area contributed by atoms with Crippen molar-refractivity contribution in [1.29, 1.82) is 0 Å². The summed E-state index contributed by atoms with van der Waals surface area (Å²) < 4.78 is 5.64. The number of fused-ring (bicyclic) bond motifs is 1. The van der Waals surface area contributed by atoms with Crippen LogP contribution in [0.15, 0.2) is 18.2 Å². The average Bonchev–Trinajstić information content (AvgIpc) is 2.38. The molecule has 1 atom stereocenters. The highest BCUT2D eigenvalue weighted by Gasteiger charge is 2.17. The number of ether oxygens (including phenoxy) is 1. The van der Waals surface area contributed by atoms with E-state index in [4.69, 9.17) is 10.5 Å². The van der Waals surface area contributed by atoms with Crippen LogP contribution in [0.2, 0.25) is 0 Å². The smallest absolute Gasteiger partial charge is 0.142 e. The molecule has 3 N–H and O–H groups in total. The van der Waals surface area contributed by atoms with Crippen molar-refractivity contribution in [3.05, 3.63) is 18.2 Å². The SMILES string of the molecule is CNc1ccc2c(c1)N(C)CC(N)CO2. The number of likely N-dealkylation sites (N-methyl/N-ethyl adjacent to an activating group) is 1. The molecule has 15 heavy (non-hydrogen) atoms. The van der Waals surface area contributed by atoms with Crippen molar-refractivity contribution >= 4 is 11.4 Å². The maximum absolute atomic E-state index is 5.89. The molecule has 4 nitrogen and oxygen atoms in total. The molecule has 4 heteroatoms. The van der Waals surface area contributed by atoms with Gasteiger partial charge < -0.3 is 20.7 Å². The molecule has 1 unspecified atom stereocenters. The second-order valence-electron chi connectivity index (χ2n) is 3.88. The van der Waals surface area contributed by atoms with Gasteiger partial charge in [0.1, 0.15) is 12.4 Å². The standard InChI is InChI=1S/C11H17N3O/c1-13-9-3-4-11-10(5-9)14(2)6-8(12)7-15-11/h3-5,8,13H,6-7,12H2,1-2H3. The van der Waals surface area contributed by atoms with E-state index in [1.54, 1.807) is 0 Å². The fraction of sp³-hybridized carbons (Fsp3) is 0.455. The first-order valence-corrected chi connectivity index (χ1v) is 5.12. The monoisotopic (exact) mass is 207 g/mol. The van der Waals surface area contributed by atoms with Crippen molar-refractivity contribution in [2.24, 2.45) is 5.73 Å². The van der Waals surface area contributed by atoms with Gasteiger partial charge in [-0.3, -0.25) is 0 Å². The predicted octanol–water partition coefficient (Wildman–Crippen LogP) is 0.884. The zero-order chi connectivity index (χ0) is 10.8. The summed E-state index contributed by atoms with van der Waals surface area (Å²) in [6.45, 7) is 1.40. The van der Waals surface area contributed by atoms with Crippen LogP contribution in [0.25, 0.3) is 0 Å². The van der Waals surface area contributed by atoms with Crippen LogP contribution in [0.3, 0.4) is 0 Å². The molecule has 0 fully saturated rings. The van der Waals surface area contributed by atoms with Crippen molar-refractivity contribution in [3.63, 3.8) is 0 Å². The molecule has 0 aliphatic carbocycles. The Hall–Kier alpha value is -1.42. The van der Waals surface area contributed by atoms with E-state index in [0.717, 1.165) is 23.7 Å². The summed E-state index contributed by atoms with van der Waals surface area (Å²) in [5, 5.41) is 3.12. The number of nitrogens with one attached hydrogen (secondary N) is 1. The quantitative estimate of drug-likeness (QED) is 0.718. The molecular weight excluding hydrogens is 190 g/mol. The molecule has 1 heterocycles. The molecule has 0 bridgehead atoms. The summed E-state index contributed by atoms with van der Waals surface area (Å²) in [4.78, 5) is 2.13. The van der Waals surface area contributed by atoms with E-state index < -0.39 is 0 Å². The molecule has 0 spiro atoms. The lowest BCUT2D eigenvalue weighted by atomic mass is 10.2. The molecule has 0 saturated carbocycles. The van der Waals surface area contributed by atoms with E-state index in [1.807, 2.05) is 26.2 Å². The summed E-state index contributed by atoms with van der Waals surface area (Å²) in [5.74, 6) is 0.907. The average molecular weight is 207 g/mol. The number of nitrogens with two attached hydrogens (primary N) is 1. The first kappa shape index (κ1) is 10.1. The van der Waals surface area contributed by atoms with Crippen LogP contribution in [0.1, 0.15) is 0 Å². The van der Waals surface area contributed by atoms with E-state index in [9.17, 15) is 0 Å². The fourth-order valence-corrected chi connectivity index (χ4v) is 1.79. The van der Waals surface area contributed by atoms with Gasteiger partial charge in [0.2, 0.25) is 0 Å². The zero-order valence-corrected chi connectivity index (χ0v) is 9.16. The molecule has 1 aliphatic rings. The van der Waals surface area contributed by atoms with Crippen molar-refractivity contribution in [2.75, 3.05) is 37.5 Å². The van der Waals surface area contributed by atoms with E-state index in [1.165, 1.54) is 0 Å². The van der Waals surface area contributed by atoms with Gasteiger partial charge >= 0.3 is 0 Å². The van der Waals surface area contributed by atoms with Gasteiger partial charge in [0.25, 0.3) is 0 Å². The molecule has 0 amide bonds. The Morgan fingerprint density at radius 1 is 1.53 bits per heavy atom. The van der Waals surface area contributed by atoms with Gasteiger partial charge in [-0.05, 0) is 18.2 Å². The summed E-state index contributed by atoms with van der Waals surface area (Å²) in [6.07, 6.45) is 0. The highest BCUT2D eigenvalue weighted by atomic mass is 16.5. The van der Waals surface area contributed by atoms with Crippen molar-refractivity contribution < 1.29 is 4.74 Å². The van der Waals surface area contributed by atoms with Crippen LogP contribution >= 0.6 is 0 Å².